The molecule has 21 heavy (non-hydrogen) atoms. The molecule has 3 rings (SSSR count). The minimum atomic E-state index is -3.32. The van der Waals surface area contributed by atoms with E-state index in [1.54, 1.807) is 18.3 Å². The molecule has 0 saturated carbocycles. The van der Waals surface area contributed by atoms with Crippen LogP contribution in [0.15, 0.2) is 36.5 Å². The van der Waals surface area contributed by atoms with Gasteiger partial charge in [-0.2, -0.15) is 0 Å². The van der Waals surface area contributed by atoms with Crippen LogP contribution in [0.2, 0.25) is 0 Å². The number of pyridine rings is 1. The smallest absolute Gasteiger partial charge is 0.230 e. The molecule has 0 radical (unpaired) electrons. The van der Waals surface area contributed by atoms with E-state index in [4.69, 9.17) is 9.47 Å². The van der Waals surface area contributed by atoms with E-state index in [1.807, 2.05) is 18.2 Å². The summed E-state index contributed by atoms with van der Waals surface area (Å²) in [6.07, 6.45) is 2.70. The van der Waals surface area contributed by atoms with Gasteiger partial charge in [-0.1, -0.05) is 6.07 Å². The molecule has 1 aliphatic heterocycles. The average Bonchev–Trinajstić information content (AvgIpc) is 2.46. The van der Waals surface area contributed by atoms with E-state index < -0.39 is 10.0 Å². The predicted molar refractivity (Wildman–Crippen MR) is 79.1 cm³/mol. The number of hydrogen-bond donors (Lipinski definition) is 1. The zero-order valence-corrected chi connectivity index (χ0v) is 12.2. The molecule has 110 valence electrons. The predicted octanol–water partition coefficient (Wildman–Crippen LogP) is 1.89. The van der Waals surface area contributed by atoms with Crippen molar-refractivity contribution in [2.45, 2.75) is 0 Å². The van der Waals surface area contributed by atoms with Crippen LogP contribution in [0.1, 0.15) is 0 Å². The minimum Gasteiger partial charge on any atom is -0.486 e. The number of nitrogens with zero attached hydrogens (tertiary/aromatic N) is 1. The Morgan fingerprint density at radius 1 is 1.05 bits per heavy atom. The van der Waals surface area contributed by atoms with E-state index in [0.29, 0.717) is 24.8 Å². The summed E-state index contributed by atoms with van der Waals surface area (Å²) in [5, 5.41) is 0. The summed E-state index contributed by atoms with van der Waals surface area (Å²) in [4.78, 5) is 4.09. The molecule has 7 heteroatoms. The number of ether oxygens (including phenoxy) is 2. The van der Waals surface area contributed by atoms with Gasteiger partial charge in [0.25, 0.3) is 0 Å². The van der Waals surface area contributed by atoms with Crippen LogP contribution in [0.3, 0.4) is 0 Å². The van der Waals surface area contributed by atoms with Crippen LogP contribution in [0, 0.1) is 0 Å². The first kappa shape index (κ1) is 13.7. The Morgan fingerprint density at radius 2 is 1.76 bits per heavy atom. The fraction of sp³-hybridized carbons (Fsp3) is 0.214. The number of aromatic nitrogens is 1. The molecule has 1 aliphatic rings. The first-order valence-corrected chi connectivity index (χ1v) is 8.24. The maximum absolute atomic E-state index is 11.1. The van der Waals surface area contributed by atoms with E-state index in [-0.39, 0.29) is 0 Å². The Bertz CT molecular complexity index is 757. The van der Waals surface area contributed by atoms with E-state index >= 15 is 0 Å². The van der Waals surface area contributed by atoms with Crippen molar-refractivity contribution in [2.75, 3.05) is 24.2 Å². The summed E-state index contributed by atoms with van der Waals surface area (Å²) in [6.45, 7) is 1.09. The number of hydrogen-bond acceptors (Lipinski definition) is 5. The first-order valence-electron chi connectivity index (χ1n) is 6.35. The fourth-order valence-electron chi connectivity index (χ4n) is 2.04. The van der Waals surface area contributed by atoms with Gasteiger partial charge in [0.1, 0.15) is 19.0 Å². The van der Waals surface area contributed by atoms with Gasteiger partial charge < -0.3 is 9.47 Å². The van der Waals surface area contributed by atoms with E-state index in [0.717, 1.165) is 23.1 Å². The summed E-state index contributed by atoms with van der Waals surface area (Å²) in [7, 11) is -3.32. The van der Waals surface area contributed by atoms with Crippen molar-refractivity contribution in [2.24, 2.45) is 0 Å². The molecule has 0 amide bonds. The molecule has 6 nitrogen and oxygen atoms in total. The SMILES string of the molecule is CS(=O)(=O)Nc1ccc(-c2ccc3c(c2)OCCO3)cn1. The van der Waals surface area contributed by atoms with Crippen molar-refractivity contribution >= 4 is 15.8 Å². The van der Waals surface area contributed by atoms with Gasteiger partial charge in [-0.25, -0.2) is 13.4 Å². The first-order chi connectivity index (χ1) is 10.0. The molecule has 1 aromatic heterocycles. The van der Waals surface area contributed by atoms with Crippen molar-refractivity contribution in [3.63, 3.8) is 0 Å². The highest BCUT2D eigenvalue weighted by Crippen LogP contribution is 2.34. The zero-order valence-electron chi connectivity index (χ0n) is 11.4. The summed E-state index contributed by atoms with van der Waals surface area (Å²) >= 11 is 0. The van der Waals surface area contributed by atoms with Crippen molar-refractivity contribution in [3.8, 4) is 22.6 Å². The molecular weight excluding hydrogens is 292 g/mol. The number of sulfonamides is 1. The van der Waals surface area contributed by atoms with Crippen LogP contribution in [-0.2, 0) is 10.0 Å². The van der Waals surface area contributed by atoms with E-state index in [2.05, 4.69) is 9.71 Å². The maximum Gasteiger partial charge on any atom is 0.230 e. The molecule has 0 aliphatic carbocycles. The highest BCUT2D eigenvalue weighted by molar-refractivity contribution is 7.92. The Hall–Kier alpha value is -2.28. The molecule has 1 aromatic carbocycles. The molecular formula is C14H14N2O4S. The minimum absolute atomic E-state index is 0.291. The lowest BCUT2D eigenvalue weighted by atomic mass is 10.1. The Balaban J connectivity index is 1.87. The molecule has 0 saturated heterocycles. The normalized spacial score (nSPS) is 13.8. The van der Waals surface area contributed by atoms with Crippen LogP contribution >= 0.6 is 0 Å². The van der Waals surface area contributed by atoms with E-state index in [1.165, 1.54) is 0 Å². The quantitative estimate of drug-likeness (QED) is 0.937. The number of fused-ring (bicyclic) bond motifs is 1. The van der Waals surface area contributed by atoms with Crippen LogP contribution in [0.25, 0.3) is 11.1 Å². The highest BCUT2D eigenvalue weighted by Gasteiger charge is 2.12. The van der Waals surface area contributed by atoms with Gasteiger partial charge in [0.2, 0.25) is 10.0 Å². The summed E-state index contributed by atoms with van der Waals surface area (Å²) < 4.78 is 35.6. The lowest BCUT2D eigenvalue weighted by Crippen LogP contribution is -2.15. The van der Waals surface area contributed by atoms with Gasteiger partial charge in [-0.3, -0.25) is 4.72 Å². The molecule has 0 spiro atoms. The highest BCUT2D eigenvalue weighted by atomic mass is 32.2. The molecule has 0 bridgehead atoms. The van der Waals surface area contributed by atoms with Gasteiger partial charge in [-0.15, -0.1) is 0 Å². The van der Waals surface area contributed by atoms with Gasteiger partial charge in [-0.05, 0) is 29.8 Å². The third-order valence-electron chi connectivity index (χ3n) is 2.93. The zero-order chi connectivity index (χ0) is 14.9. The second-order valence-electron chi connectivity index (χ2n) is 4.66. The van der Waals surface area contributed by atoms with Crippen molar-refractivity contribution in [3.05, 3.63) is 36.5 Å². The number of nitrogens with one attached hydrogen (secondary N) is 1. The standard InChI is InChI=1S/C14H14N2O4S/c1-21(17,18)16-14-5-3-11(9-15-14)10-2-4-12-13(8-10)20-7-6-19-12/h2-5,8-9H,6-7H2,1H3,(H,15,16). The number of rotatable bonds is 3. The summed E-state index contributed by atoms with van der Waals surface area (Å²) in [6, 6.07) is 9.06. The third-order valence-corrected chi connectivity index (χ3v) is 3.51. The van der Waals surface area contributed by atoms with Gasteiger partial charge in [0.15, 0.2) is 11.5 Å². The molecule has 0 fully saturated rings. The van der Waals surface area contributed by atoms with Crippen molar-refractivity contribution in [1.82, 2.24) is 4.98 Å². The van der Waals surface area contributed by atoms with Gasteiger partial charge >= 0.3 is 0 Å². The molecule has 0 unspecified atom stereocenters. The van der Waals surface area contributed by atoms with Crippen LogP contribution in [0.5, 0.6) is 11.5 Å². The molecule has 2 heterocycles. The van der Waals surface area contributed by atoms with Crippen LogP contribution in [0.4, 0.5) is 5.82 Å². The topological polar surface area (TPSA) is 77.5 Å². The van der Waals surface area contributed by atoms with Crippen LogP contribution in [-0.4, -0.2) is 32.9 Å². The second-order valence-corrected chi connectivity index (χ2v) is 6.41. The molecule has 0 atom stereocenters. The number of benzene rings is 1. The lowest BCUT2D eigenvalue weighted by Gasteiger charge is -2.18. The lowest BCUT2D eigenvalue weighted by molar-refractivity contribution is 0.171. The second kappa shape index (κ2) is 5.25. The third kappa shape index (κ3) is 3.25. The molecule has 2 aromatic rings. The summed E-state index contributed by atoms with van der Waals surface area (Å²) in [5.41, 5.74) is 1.80. The largest absolute Gasteiger partial charge is 0.486 e. The van der Waals surface area contributed by atoms with E-state index in [9.17, 15) is 8.42 Å². The molecule has 1 N–H and O–H groups in total. The number of anilines is 1. The Kier molecular flexibility index (Phi) is 3.42. The van der Waals surface area contributed by atoms with Gasteiger partial charge in [0, 0.05) is 11.8 Å². The van der Waals surface area contributed by atoms with Crippen molar-refractivity contribution in [1.29, 1.82) is 0 Å². The van der Waals surface area contributed by atoms with Crippen LogP contribution < -0.4 is 14.2 Å². The Morgan fingerprint density at radius 3 is 2.43 bits per heavy atom. The Labute approximate surface area is 122 Å². The monoisotopic (exact) mass is 306 g/mol. The summed E-state index contributed by atoms with van der Waals surface area (Å²) in [5.74, 6) is 1.73. The fourth-order valence-corrected chi connectivity index (χ4v) is 2.54. The van der Waals surface area contributed by atoms with Gasteiger partial charge in [0.05, 0.1) is 6.26 Å². The van der Waals surface area contributed by atoms with Crippen molar-refractivity contribution < 1.29 is 17.9 Å². The maximum atomic E-state index is 11.1. The average molecular weight is 306 g/mol.